The molecule has 0 unspecified atom stereocenters. The van der Waals surface area contributed by atoms with E-state index >= 15 is 0 Å². The predicted octanol–water partition coefficient (Wildman–Crippen LogP) is 16.3. The van der Waals surface area contributed by atoms with Crippen LogP contribution in [0.2, 0.25) is 0 Å². The lowest BCUT2D eigenvalue weighted by Crippen LogP contribution is -2.15. The predicted molar refractivity (Wildman–Crippen MR) is 294 cm³/mol. The van der Waals surface area contributed by atoms with Gasteiger partial charge in [0, 0.05) is 44.2 Å². The maximum absolute atomic E-state index is 6.06. The highest BCUT2D eigenvalue weighted by Crippen LogP contribution is 2.53. The molecule has 3 heterocycles. The summed E-state index contributed by atoms with van der Waals surface area (Å²) in [6.07, 6.45) is 0. The molecule has 0 N–H and O–H groups in total. The second kappa shape index (κ2) is 16.6. The Bertz CT molecular complexity index is 3900. The van der Waals surface area contributed by atoms with Gasteiger partial charge in [-0.3, -0.25) is 0 Å². The molecule has 0 aliphatic heterocycles. The van der Waals surface area contributed by atoms with Crippen molar-refractivity contribution in [3.63, 3.8) is 0 Å². The van der Waals surface area contributed by atoms with Crippen LogP contribution in [0.1, 0.15) is 49.9 Å². The Morgan fingerprint density at radius 3 is 0.892 bits per heavy atom. The summed E-state index contributed by atoms with van der Waals surface area (Å²) in [5.74, 6) is 2.01. The molecule has 0 radical (unpaired) electrons. The van der Waals surface area contributed by atoms with E-state index in [-0.39, 0.29) is 10.8 Å². The molecule has 0 amide bonds. The average Bonchev–Trinajstić information content (AvgIpc) is 4.28. The van der Waals surface area contributed by atoms with Crippen LogP contribution in [0.4, 0.5) is 0 Å². The van der Waals surface area contributed by atoms with Crippen LogP contribution in [-0.2, 0) is 10.8 Å². The third-order valence-electron chi connectivity index (χ3n) is 15.3. The molecule has 12 aromatic rings. The zero-order valence-electron chi connectivity index (χ0n) is 41.1. The van der Waals surface area contributed by atoms with Crippen molar-refractivity contribution in [2.24, 2.45) is 0 Å². The molecule has 0 fully saturated rings. The highest BCUT2D eigenvalue weighted by Gasteiger charge is 2.38. The van der Waals surface area contributed by atoms with Crippen LogP contribution >= 0.6 is 0 Å². The van der Waals surface area contributed by atoms with E-state index in [1.54, 1.807) is 0 Å². The van der Waals surface area contributed by atoms with Crippen molar-refractivity contribution >= 4 is 11.0 Å². The van der Waals surface area contributed by atoms with E-state index in [9.17, 15) is 0 Å². The van der Waals surface area contributed by atoms with Crippen molar-refractivity contribution in [3.05, 3.63) is 229 Å². The van der Waals surface area contributed by atoms with Crippen molar-refractivity contribution in [3.8, 4) is 113 Å². The van der Waals surface area contributed by atoms with E-state index in [0.717, 1.165) is 78.1 Å². The van der Waals surface area contributed by atoms with Gasteiger partial charge in [0.1, 0.15) is 0 Å². The van der Waals surface area contributed by atoms with Crippen molar-refractivity contribution in [1.29, 1.82) is 0 Å². The minimum Gasteiger partial charge on any atom is -0.416 e. The van der Waals surface area contributed by atoms with Gasteiger partial charge >= 0.3 is 0 Å². The zero-order chi connectivity index (χ0) is 49.7. The zero-order valence-corrected chi connectivity index (χ0v) is 41.1. The Kier molecular flexibility index (Phi) is 9.72. The Labute approximate surface area is 428 Å². The lowest BCUT2D eigenvalue weighted by molar-refractivity contribution is 0.584. The summed E-state index contributed by atoms with van der Waals surface area (Å²) in [7, 11) is 0. The fourth-order valence-corrected chi connectivity index (χ4v) is 11.2. The van der Waals surface area contributed by atoms with Crippen LogP contribution in [-0.4, -0.2) is 30.4 Å². The standard InChI is InChI=1S/C66H46N6O2/c1-65(2)53-35-45(39-19-23-43(24-20-39)63-71-69-61(73-63)41-13-7-5-8-14-41)27-31-49(53)51-33-29-47(37-55(51)65)59-60(68-58-18-12-11-17-57(58)67-59)48-30-34-52-50-32-28-46(36-54(50)66(3,4)56(52)38-48)40-21-25-44(26-22-40)64-72-70-62(74-64)42-15-9-6-10-16-42/h5-38H,1-4H3. The van der Waals surface area contributed by atoms with Gasteiger partial charge in [0.05, 0.1) is 22.4 Å². The van der Waals surface area contributed by atoms with Crippen molar-refractivity contribution in [2.75, 3.05) is 0 Å². The summed E-state index contributed by atoms with van der Waals surface area (Å²) in [6, 6.07) is 72.1. The van der Waals surface area contributed by atoms with E-state index in [1.807, 2.05) is 72.8 Å². The van der Waals surface area contributed by atoms with E-state index in [0.29, 0.717) is 23.6 Å². The normalized spacial score (nSPS) is 13.6. The number of hydrogen-bond acceptors (Lipinski definition) is 8. The molecule has 8 nitrogen and oxygen atoms in total. The van der Waals surface area contributed by atoms with Gasteiger partial charge < -0.3 is 8.83 Å². The van der Waals surface area contributed by atoms with Crippen LogP contribution in [0.15, 0.2) is 215 Å². The van der Waals surface area contributed by atoms with Gasteiger partial charge in [-0.15, -0.1) is 20.4 Å². The number of hydrogen-bond donors (Lipinski definition) is 0. The molecular formula is C66H46N6O2. The van der Waals surface area contributed by atoms with E-state index < -0.39 is 0 Å². The first-order valence-electron chi connectivity index (χ1n) is 25.0. The number of benzene rings is 9. The largest absolute Gasteiger partial charge is 0.416 e. The molecule has 8 heteroatoms. The molecule has 0 bridgehead atoms. The van der Waals surface area contributed by atoms with Crippen molar-refractivity contribution in [2.45, 2.75) is 38.5 Å². The van der Waals surface area contributed by atoms with Crippen molar-refractivity contribution < 1.29 is 8.83 Å². The fraction of sp³-hybridized carbons (Fsp3) is 0.0909. The molecule has 74 heavy (non-hydrogen) atoms. The number of para-hydroxylation sites is 2. The number of aromatic nitrogens is 6. The van der Waals surface area contributed by atoms with Gasteiger partial charge in [-0.2, -0.15) is 0 Å². The quantitative estimate of drug-likeness (QED) is 0.148. The second-order valence-electron chi connectivity index (χ2n) is 20.4. The molecular weight excluding hydrogens is 909 g/mol. The summed E-state index contributed by atoms with van der Waals surface area (Å²) in [5, 5.41) is 17.3. The molecule has 3 aromatic heterocycles. The Balaban J connectivity index is 0.765. The van der Waals surface area contributed by atoms with Gasteiger partial charge in [0.25, 0.3) is 0 Å². The van der Waals surface area contributed by atoms with Crippen LogP contribution in [0.25, 0.3) is 124 Å². The minimum absolute atomic E-state index is 0.274. The Morgan fingerprint density at radius 2 is 0.541 bits per heavy atom. The number of fused-ring (bicyclic) bond motifs is 7. The van der Waals surface area contributed by atoms with Gasteiger partial charge in [0.2, 0.25) is 23.6 Å². The Morgan fingerprint density at radius 1 is 0.270 bits per heavy atom. The van der Waals surface area contributed by atoms with Crippen LogP contribution in [0, 0.1) is 0 Å². The molecule has 0 saturated heterocycles. The number of rotatable bonds is 8. The smallest absolute Gasteiger partial charge is 0.248 e. The first kappa shape index (κ1) is 43.4. The van der Waals surface area contributed by atoms with Crippen LogP contribution < -0.4 is 0 Å². The van der Waals surface area contributed by atoms with Gasteiger partial charge in [0.15, 0.2) is 0 Å². The molecule has 14 rings (SSSR count). The van der Waals surface area contributed by atoms with Gasteiger partial charge in [-0.1, -0.05) is 149 Å². The Hall–Kier alpha value is -9.40. The van der Waals surface area contributed by atoms with E-state index in [4.69, 9.17) is 18.8 Å². The first-order valence-corrected chi connectivity index (χ1v) is 25.0. The summed E-state index contributed by atoms with van der Waals surface area (Å²) < 4.78 is 12.1. The van der Waals surface area contributed by atoms with Gasteiger partial charge in [-0.05, 0) is 152 Å². The molecule has 2 aliphatic rings. The topological polar surface area (TPSA) is 104 Å². The number of nitrogens with zero attached hydrogens (tertiary/aromatic N) is 6. The molecule has 352 valence electrons. The monoisotopic (exact) mass is 954 g/mol. The average molecular weight is 955 g/mol. The maximum Gasteiger partial charge on any atom is 0.248 e. The van der Waals surface area contributed by atoms with Crippen LogP contribution in [0.5, 0.6) is 0 Å². The third kappa shape index (κ3) is 7.05. The third-order valence-corrected chi connectivity index (χ3v) is 15.3. The molecule has 0 spiro atoms. The van der Waals surface area contributed by atoms with Gasteiger partial charge in [-0.25, -0.2) is 9.97 Å². The molecule has 9 aromatic carbocycles. The summed E-state index contributed by atoms with van der Waals surface area (Å²) >= 11 is 0. The van der Waals surface area contributed by atoms with E-state index in [2.05, 4.69) is 182 Å². The van der Waals surface area contributed by atoms with Crippen molar-refractivity contribution in [1.82, 2.24) is 30.4 Å². The summed E-state index contributed by atoms with van der Waals surface area (Å²) in [6.45, 7) is 9.33. The lowest BCUT2D eigenvalue weighted by Gasteiger charge is -2.23. The molecule has 2 aliphatic carbocycles. The lowest BCUT2D eigenvalue weighted by atomic mass is 9.80. The highest BCUT2D eigenvalue weighted by molar-refractivity contribution is 5.92. The second-order valence-corrected chi connectivity index (χ2v) is 20.4. The first-order chi connectivity index (χ1) is 36.1. The highest BCUT2D eigenvalue weighted by atomic mass is 16.4. The summed E-state index contributed by atoms with van der Waals surface area (Å²) in [5.41, 5.74) is 23.2. The van der Waals surface area contributed by atoms with Crippen LogP contribution in [0.3, 0.4) is 0 Å². The molecule has 0 saturated carbocycles. The SMILES string of the molecule is CC1(C)c2cc(-c3ccc(-c4nnc(-c5ccccc5)o4)cc3)ccc2-c2ccc(-c3nc4ccccc4nc3-c3ccc4c(c3)C(C)(C)c3cc(-c5ccc(-c6nnc(-c7ccccc7)o6)cc5)ccc3-4)cc21. The maximum atomic E-state index is 6.06. The molecule has 0 atom stereocenters. The minimum atomic E-state index is -0.274. The fourth-order valence-electron chi connectivity index (χ4n) is 11.2. The van der Waals surface area contributed by atoms with E-state index in [1.165, 1.54) is 44.5 Å². The summed E-state index contributed by atoms with van der Waals surface area (Å²) in [4.78, 5) is 10.8.